The summed E-state index contributed by atoms with van der Waals surface area (Å²) in [6, 6.07) is 8.26. The average molecular weight is 233 g/mol. The van der Waals surface area contributed by atoms with Crippen LogP contribution in [-0.2, 0) is 0 Å². The van der Waals surface area contributed by atoms with E-state index in [-0.39, 0.29) is 0 Å². The SMILES string of the molecule is C=C(CNC)COc1ccccc1C(C)CC. The molecule has 94 valence electrons. The molecule has 1 aromatic carbocycles. The van der Waals surface area contributed by atoms with Gasteiger partial charge in [0, 0.05) is 6.54 Å². The lowest BCUT2D eigenvalue weighted by atomic mass is 9.98. The van der Waals surface area contributed by atoms with Gasteiger partial charge < -0.3 is 10.1 Å². The summed E-state index contributed by atoms with van der Waals surface area (Å²) in [6.45, 7) is 9.76. The molecule has 1 atom stereocenters. The number of rotatable bonds is 7. The average Bonchev–Trinajstić information content (AvgIpc) is 2.36. The van der Waals surface area contributed by atoms with Crippen molar-refractivity contribution in [1.82, 2.24) is 5.32 Å². The Morgan fingerprint density at radius 1 is 1.41 bits per heavy atom. The first-order chi connectivity index (χ1) is 8.19. The summed E-state index contributed by atoms with van der Waals surface area (Å²) in [5.74, 6) is 1.52. The number of benzene rings is 1. The molecule has 0 aliphatic carbocycles. The second-order valence-corrected chi connectivity index (χ2v) is 4.42. The third-order valence-electron chi connectivity index (χ3n) is 2.92. The second-order valence-electron chi connectivity index (χ2n) is 4.42. The standard InChI is InChI=1S/C15H23NO/c1-5-13(3)14-8-6-7-9-15(14)17-11-12(2)10-16-4/h6-9,13,16H,2,5,10-11H2,1,3-4H3. The van der Waals surface area contributed by atoms with Gasteiger partial charge >= 0.3 is 0 Å². The predicted molar refractivity (Wildman–Crippen MR) is 73.7 cm³/mol. The minimum Gasteiger partial charge on any atom is -0.489 e. The Morgan fingerprint density at radius 3 is 2.76 bits per heavy atom. The maximum Gasteiger partial charge on any atom is 0.123 e. The monoisotopic (exact) mass is 233 g/mol. The summed E-state index contributed by atoms with van der Waals surface area (Å²) in [5.41, 5.74) is 2.35. The molecular formula is C15H23NO. The van der Waals surface area contributed by atoms with Gasteiger partial charge in [0.15, 0.2) is 0 Å². The molecule has 1 N–H and O–H groups in total. The van der Waals surface area contributed by atoms with Crippen LogP contribution >= 0.6 is 0 Å². The van der Waals surface area contributed by atoms with Crippen molar-refractivity contribution in [1.29, 1.82) is 0 Å². The molecule has 0 aromatic heterocycles. The van der Waals surface area contributed by atoms with Gasteiger partial charge in [-0.3, -0.25) is 0 Å². The quantitative estimate of drug-likeness (QED) is 0.729. The van der Waals surface area contributed by atoms with Gasteiger partial charge in [0.1, 0.15) is 12.4 Å². The Balaban J connectivity index is 2.67. The third kappa shape index (κ3) is 4.23. The fourth-order valence-corrected chi connectivity index (χ4v) is 1.72. The van der Waals surface area contributed by atoms with E-state index in [2.05, 4.69) is 37.9 Å². The lowest BCUT2D eigenvalue weighted by Crippen LogP contribution is -2.15. The van der Waals surface area contributed by atoms with Gasteiger partial charge in [-0.1, -0.05) is 38.6 Å². The molecule has 0 amide bonds. The van der Waals surface area contributed by atoms with E-state index in [4.69, 9.17) is 4.74 Å². The fourth-order valence-electron chi connectivity index (χ4n) is 1.72. The van der Waals surface area contributed by atoms with Crippen molar-refractivity contribution >= 4 is 0 Å². The fraction of sp³-hybridized carbons (Fsp3) is 0.467. The summed E-state index contributed by atoms with van der Waals surface area (Å²) in [4.78, 5) is 0. The lowest BCUT2D eigenvalue weighted by Gasteiger charge is -2.16. The topological polar surface area (TPSA) is 21.3 Å². The Bertz CT molecular complexity index is 360. The summed E-state index contributed by atoms with van der Waals surface area (Å²) < 4.78 is 5.83. The number of hydrogen-bond donors (Lipinski definition) is 1. The van der Waals surface area contributed by atoms with Crippen LogP contribution in [0.2, 0.25) is 0 Å². The zero-order valence-electron chi connectivity index (χ0n) is 11.1. The van der Waals surface area contributed by atoms with Crippen molar-refractivity contribution in [3.8, 4) is 5.75 Å². The van der Waals surface area contributed by atoms with Gasteiger partial charge in [-0.05, 0) is 36.6 Å². The maximum absolute atomic E-state index is 5.83. The molecule has 0 bridgehead atoms. The highest BCUT2D eigenvalue weighted by Gasteiger charge is 2.09. The molecule has 1 aromatic rings. The summed E-state index contributed by atoms with van der Waals surface area (Å²) >= 11 is 0. The van der Waals surface area contributed by atoms with Crippen LogP contribution in [0.5, 0.6) is 5.75 Å². The summed E-state index contributed by atoms with van der Waals surface area (Å²) in [5, 5.41) is 3.07. The minimum absolute atomic E-state index is 0.531. The highest BCUT2D eigenvalue weighted by molar-refractivity contribution is 5.36. The van der Waals surface area contributed by atoms with Crippen molar-refractivity contribution in [3.05, 3.63) is 42.0 Å². The van der Waals surface area contributed by atoms with Crippen molar-refractivity contribution in [2.45, 2.75) is 26.2 Å². The first kappa shape index (κ1) is 13.8. The zero-order valence-corrected chi connectivity index (χ0v) is 11.1. The molecule has 17 heavy (non-hydrogen) atoms. The van der Waals surface area contributed by atoms with Gasteiger partial charge in [0.2, 0.25) is 0 Å². The van der Waals surface area contributed by atoms with Crippen LogP contribution in [0.25, 0.3) is 0 Å². The van der Waals surface area contributed by atoms with E-state index in [1.54, 1.807) is 0 Å². The van der Waals surface area contributed by atoms with E-state index < -0.39 is 0 Å². The molecule has 0 aliphatic heterocycles. The van der Waals surface area contributed by atoms with Crippen LogP contribution in [0.3, 0.4) is 0 Å². The molecule has 0 saturated heterocycles. The first-order valence-corrected chi connectivity index (χ1v) is 6.22. The predicted octanol–water partition coefficient (Wildman–Crippen LogP) is 3.35. The molecule has 1 rings (SSSR count). The lowest BCUT2D eigenvalue weighted by molar-refractivity contribution is 0.343. The number of hydrogen-bond acceptors (Lipinski definition) is 2. The molecule has 2 heteroatoms. The smallest absolute Gasteiger partial charge is 0.123 e. The van der Waals surface area contributed by atoms with E-state index in [1.165, 1.54) is 5.56 Å². The zero-order chi connectivity index (χ0) is 12.7. The van der Waals surface area contributed by atoms with Gasteiger partial charge in [0.25, 0.3) is 0 Å². The summed E-state index contributed by atoms with van der Waals surface area (Å²) in [7, 11) is 1.91. The Kier molecular flexibility index (Phi) is 5.78. The van der Waals surface area contributed by atoms with Gasteiger partial charge in [0.05, 0.1) is 0 Å². The normalized spacial score (nSPS) is 12.2. The van der Waals surface area contributed by atoms with Gasteiger partial charge in [-0.15, -0.1) is 0 Å². The number of para-hydroxylation sites is 1. The largest absolute Gasteiger partial charge is 0.489 e. The van der Waals surface area contributed by atoms with Crippen molar-refractivity contribution in [2.24, 2.45) is 0 Å². The van der Waals surface area contributed by atoms with Crippen LogP contribution in [0.15, 0.2) is 36.4 Å². The molecule has 0 saturated carbocycles. The molecule has 2 nitrogen and oxygen atoms in total. The van der Waals surface area contributed by atoms with Gasteiger partial charge in [-0.2, -0.15) is 0 Å². The van der Waals surface area contributed by atoms with E-state index in [1.807, 2.05) is 19.2 Å². The van der Waals surface area contributed by atoms with E-state index in [9.17, 15) is 0 Å². The van der Waals surface area contributed by atoms with E-state index in [0.717, 1.165) is 24.3 Å². The Hall–Kier alpha value is -1.28. The van der Waals surface area contributed by atoms with E-state index in [0.29, 0.717) is 12.5 Å². The molecule has 0 heterocycles. The minimum atomic E-state index is 0.531. The van der Waals surface area contributed by atoms with Crippen molar-refractivity contribution in [3.63, 3.8) is 0 Å². The molecule has 0 aliphatic rings. The Morgan fingerprint density at radius 2 is 2.12 bits per heavy atom. The molecule has 0 spiro atoms. The van der Waals surface area contributed by atoms with Crippen LogP contribution in [0.4, 0.5) is 0 Å². The molecule has 1 unspecified atom stereocenters. The number of ether oxygens (including phenoxy) is 1. The first-order valence-electron chi connectivity index (χ1n) is 6.22. The molecular weight excluding hydrogens is 210 g/mol. The molecule has 0 fully saturated rings. The van der Waals surface area contributed by atoms with Crippen LogP contribution in [0, 0.1) is 0 Å². The molecule has 0 radical (unpaired) electrons. The third-order valence-corrected chi connectivity index (χ3v) is 2.92. The highest BCUT2D eigenvalue weighted by Crippen LogP contribution is 2.28. The van der Waals surface area contributed by atoms with Gasteiger partial charge in [-0.25, -0.2) is 0 Å². The highest BCUT2D eigenvalue weighted by atomic mass is 16.5. The van der Waals surface area contributed by atoms with Crippen LogP contribution in [-0.4, -0.2) is 20.2 Å². The summed E-state index contributed by atoms with van der Waals surface area (Å²) in [6.07, 6.45) is 1.12. The maximum atomic E-state index is 5.83. The number of likely N-dealkylation sites (N-methyl/N-ethyl adjacent to an activating group) is 1. The van der Waals surface area contributed by atoms with Crippen LogP contribution < -0.4 is 10.1 Å². The number of nitrogens with one attached hydrogen (secondary N) is 1. The van der Waals surface area contributed by atoms with E-state index >= 15 is 0 Å². The van der Waals surface area contributed by atoms with Crippen molar-refractivity contribution < 1.29 is 4.74 Å². The van der Waals surface area contributed by atoms with Crippen LogP contribution in [0.1, 0.15) is 31.7 Å². The van der Waals surface area contributed by atoms with Crippen molar-refractivity contribution in [2.75, 3.05) is 20.2 Å². The second kappa shape index (κ2) is 7.13. The Labute approximate surface area is 105 Å².